The zero-order valence-electron chi connectivity index (χ0n) is 7.47. The minimum absolute atomic E-state index is 0.359. The monoisotopic (exact) mass is 290 g/mol. The van der Waals surface area contributed by atoms with Crippen LogP contribution in [0, 0.1) is 0 Å². The summed E-state index contributed by atoms with van der Waals surface area (Å²) in [5.41, 5.74) is 0. The molecule has 0 fully saturated rings. The van der Waals surface area contributed by atoms with Gasteiger partial charge in [-0.25, -0.2) is 16.8 Å². The molecule has 90 valence electrons. The second-order valence-electron chi connectivity index (χ2n) is 2.71. The summed E-state index contributed by atoms with van der Waals surface area (Å²) in [6.45, 7) is 0. The van der Waals surface area contributed by atoms with Crippen LogP contribution in [0.4, 0.5) is 8.78 Å². The lowest BCUT2D eigenvalue weighted by Crippen LogP contribution is -2.11. The molecule has 0 spiro atoms. The van der Waals surface area contributed by atoms with Crippen LogP contribution in [0.25, 0.3) is 0 Å². The van der Waals surface area contributed by atoms with Crippen molar-refractivity contribution in [1.29, 1.82) is 0 Å². The fraction of sp³-hybridized carbons (Fsp3) is 0.143. The van der Waals surface area contributed by atoms with Gasteiger partial charge in [0.15, 0.2) is 0 Å². The first kappa shape index (κ1) is 13.3. The van der Waals surface area contributed by atoms with Gasteiger partial charge >= 0.3 is 5.76 Å². The SMILES string of the molecule is O=S(=O)(Cl)c1ccc(S(=O)(=O)C(F)F)cc1. The molecular weight excluding hydrogens is 286 g/mol. The lowest BCUT2D eigenvalue weighted by atomic mass is 10.4. The number of rotatable bonds is 3. The van der Waals surface area contributed by atoms with Gasteiger partial charge in [0.25, 0.3) is 9.05 Å². The molecule has 1 aromatic rings. The largest absolute Gasteiger partial charge is 0.341 e. The maximum absolute atomic E-state index is 12.1. The van der Waals surface area contributed by atoms with Crippen molar-refractivity contribution in [3.05, 3.63) is 24.3 Å². The fourth-order valence-electron chi connectivity index (χ4n) is 0.895. The minimum atomic E-state index is -4.71. The third kappa shape index (κ3) is 2.69. The Labute approximate surface area is 95.2 Å². The van der Waals surface area contributed by atoms with Gasteiger partial charge in [0.1, 0.15) is 0 Å². The Hall–Kier alpha value is -0.730. The van der Waals surface area contributed by atoms with E-state index in [9.17, 15) is 25.6 Å². The van der Waals surface area contributed by atoms with Crippen LogP contribution in [0.1, 0.15) is 0 Å². The van der Waals surface area contributed by atoms with Crippen molar-refractivity contribution in [1.82, 2.24) is 0 Å². The van der Waals surface area contributed by atoms with E-state index in [1.165, 1.54) is 0 Å². The Morgan fingerprint density at radius 3 is 1.62 bits per heavy atom. The highest BCUT2D eigenvalue weighted by molar-refractivity contribution is 8.13. The fourth-order valence-corrected chi connectivity index (χ4v) is 2.39. The third-order valence-electron chi connectivity index (χ3n) is 1.67. The quantitative estimate of drug-likeness (QED) is 0.793. The Morgan fingerprint density at radius 2 is 1.31 bits per heavy atom. The van der Waals surface area contributed by atoms with Crippen LogP contribution in [0.15, 0.2) is 34.1 Å². The van der Waals surface area contributed by atoms with Gasteiger partial charge in [0.05, 0.1) is 9.79 Å². The summed E-state index contributed by atoms with van der Waals surface area (Å²) in [4.78, 5) is -1.02. The topological polar surface area (TPSA) is 68.3 Å². The van der Waals surface area contributed by atoms with Crippen molar-refractivity contribution >= 4 is 29.6 Å². The first-order chi connectivity index (χ1) is 7.15. The first-order valence-corrected chi connectivity index (χ1v) is 7.58. The summed E-state index contributed by atoms with van der Waals surface area (Å²) in [6.07, 6.45) is 0. The van der Waals surface area contributed by atoms with E-state index in [4.69, 9.17) is 10.7 Å². The minimum Gasteiger partial charge on any atom is -0.218 e. The summed E-state index contributed by atoms with van der Waals surface area (Å²) < 4.78 is 67.7. The molecule has 16 heavy (non-hydrogen) atoms. The van der Waals surface area contributed by atoms with Gasteiger partial charge in [-0.15, -0.1) is 0 Å². The first-order valence-electron chi connectivity index (χ1n) is 3.72. The van der Waals surface area contributed by atoms with Gasteiger partial charge in [0.2, 0.25) is 9.84 Å². The van der Waals surface area contributed by atoms with Crippen LogP contribution < -0.4 is 0 Å². The lowest BCUT2D eigenvalue weighted by molar-refractivity contribution is 0.234. The van der Waals surface area contributed by atoms with Gasteiger partial charge in [-0.05, 0) is 24.3 Å². The van der Waals surface area contributed by atoms with Crippen LogP contribution in [0.2, 0.25) is 0 Å². The Balaban J connectivity index is 3.25. The Morgan fingerprint density at radius 1 is 0.938 bits per heavy atom. The molecule has 0 aromatic heterocycles. The highest BCUT2D eigenvalue weighted by atomic mass is 35.7. The van der Waals surface area contributed by atoms with E-state index in [1.54, 1.807) is 0 Å². The Kier molecular flexibility index (Phi) is 3.56. The molecule has 0 aliphatic carbocycles. The van der Waals surface area contributed by atoms with Gasteiger partial charge < -0.3 is 0 Å². The molecule has 1 rings (SSSR count). The molecular formula is C7H5ClF2O4S2. The molecule has 0 N–H and O–H groups in total. The van der Waals surface area contributed by atoms with Crippen molar-refractivity contribution in [2.45, 2.75) is 15.5 Å². The van der Waals surface area contributed by atoms with Crippen LogP contribution in [0.5, 0.6) is 0 Å². The van der Waals surface area contributed by atoms with Crippen LogP contribution in [-0.2, 0) is 18.9 Å². The smallest absolute Gasteiger partial charge is 0.218 e. The Bertz CT molecular complexity index is 577. The summed E-state index contributed by atoms with van der Waals surface area (Å²) >= 11 is 0. The molecule has 0 unspecified atom stereocenters. The van der Waals surface area contributed by atoms with Crippen molar-refractivity contribution < 1.29 is 25.6 Å². The zero-order valence-corrected chi connectivity index (χ0v) is 9.86. The van der Waals surface area contributed by atoms with Gasteiger partial charge in [0, 0.05) is 10.7 Å². The number of hydrogen-bond acceptors (Lipinski definition) is 4. The average molecular weight is 291 g/mol. The van der Waals surface area contributed by atoms with E-state index in [-0.39, 0.29) is 4.90 Å². The van der Waals surface area contributed by atoms with Crippen LogP contribution in [-0.4, -0.2) is 22.6 Å². The molecule has 1 aromatic carbocycles. The number of sulfone groups is 1. The van der Waals surface area contributed by atoms with Crippen molar-refractivity contribution in [2.75, 3.05) is 0 Å². The number of alkyl halides is 2. The predicted octanol–water partition coefficient (Wildman–Crippen LogP) is 1.61. The molecule has 4 nitrogen and oxygen atoms in total. The molecule has 0 heterocycles. The van der Waals surface area contributed by atoms with Crippen LogP contribution in [0.3, 0.4) is 0 Å². The molecule has 0 amide bonds. The van der Waals surface area contributed by atoms with Crippen LogP contribution >= 0.6 is 10.7 Å². The van der Waals surface area contributed by atoms with E-state index < -0.39 is 29.5 Å². The number of hydrogen-bond donors (Lipinski definition) is 0. The second-order valence-corrected chi connectivity index (χ2v) is 7.20. The predicted molar refractivity (Wildman–Crippen MR) is 52.7 cm³/mol. The summed E-state index contributed by atoms with van der Waals surface area (Å²) in [5.74, 6) is -3.55. The highest BCUT2D eigenvalue weighted by Gasteiger charge is 2.26. The van der Waals surface area contributed by atoms with Crippen molar-refractivity contribution in [3.63, 3.8) is 0 Å². The zero-order chi connectivity index (χ0) is 12.6. The van der Waals surface area contributed by atoms with E-state index in [1.807, 2.05) is 0 Å². The molecule has 0 saturated carbocycles. The molecule has 0 radical (unpaired) electrons. The normalized spacial score (nSPS) is 13.0. The standard InChI is InChI=1S/C7H5ClF2O4S2/c8-16(13,14)6-3-1-5(2-4-6)15(11,12)7(9)10/h1-4,7H. The molecule has 0 saturated heterocycles. The van der Waals surface area contributed by atoms with E-state index in [2.05, 4.69) is 0 Å². The van der Waals surface area contributed by atoms with Gasteiger partial charge in [-0.1, -0.05) is 0 Å². The molecule has 0 atom stereocenters. The van der Waals surface area contributed by atoms with E-state index in [0.717, 1.165) is 24.3 Å². The second kappa shape index (κ2) is 4.27. The molecule has 0 bridgehead atoms. The summed E-state index contributed by atoms with van der Waals surface area (Å²) in [6, 6.07) is 3.21. The summed E-state index contributed by atoms with van der Waals surface area (Å²) in [5, 5.41) is 0. The average Bonchev–Trinajstić information content (AvgIpc) is 2.16. The molecule has 9 heteroatoms. The maximum atomic E-state index is 12.1. The maximum Gasteiger partial charge on any atom is 0.341 e. The number of halogens is 3. The summed E-state index contributed by atoms with van der Waals surface area (Å²) in [7, 11) is -3.74. The van der Waals surface area contributed by atoms with Gasteiger partial charge in [-0.3, -0.25) is 0 Å². The number of benzene rings is 1. The molecule has 0 aliphatic rings. The van der Waals surface area contributed by atoms with Gasteiger partial charge in [-0.2, -0.15) is 8.78 Å². The lowest BCUT2D eigenvalue weighted by Gasteiger charge is -2.03. The van der Waals surface area contributed by atoms with Crippen molar-refractivity contribution in [2.24, 2.45) is 0 Å². The van der Waals surface area contributed by atoms with Crippen molar-refractivity contribution in [3.8, 4) is 0 Å². The van der Waals surface area contributed by atoms with E-state index in [0.29, 0.717) is 0 Å². The highest BCUT2D eigenvalue weighted by Crippen LogP contribution is 2.21. The molecule has 0 aliphatic heterocycles. The van der Waals surface area contributed by atoms with E-state index >= 15 is 0 Å². The third-order valence-corrected chi connectivity index (χ3v) is 4.44.